The zero-order valence-electron chi connectivity index (χ0n) is 19.6. The molecule has 1 aliphatic heterocycles. The maximum absolute atomic E-state index is 12.7. The molecule has 10 heteroatoms. The van der Waals surface area contributed by atoms with Crippen LogP contribution in [0, 0.1) is 0 Å². The summed E-state index contributed by atoms with van der Waals surface area (Å²) in [5, 5.41) is 12.9. The number of ether oxygens (including phenoxy) is 4. The van der Waals surface area contributed by atoms with Gasteiger partial charge in [-0.25, -0.2) is 9.78 Å². The van der Waals surface area contributed by atoms with E-state index in [9.17, 15) is 9.59 Å². The van der Waals surface area contributed by atoms with Gasteiger partial charge in [0.2, 0.25) is 0 Å². The van der Waals surface area contributed by atoms with Crippen LogP contribution in [0.25, 0.3) is 10.9 Å². The number of amides is 1. The average Bonchev–Trinajstić information content (AvgIpc) is 2.89. The molecule has 0 bridgehead atoms. The smallest absolute Gasteiger partial charge is 0.497 e. The standard InChI is InChI=1S/C27H21ClN2O7/c1-34-18-7-8-21-16(12-18)4-9-25(29-21)30-26(31)15-2-5-17(6-3-15)36-24-14-23-19(13-20(24)28)22(10-11-35-23)37-27(32)33/h2-9,12-14,22H,10-11H2,1H3,(H,32,33)(H,29,30,31). The van der Waals surface area contributed by atoms with E-state index in [0.29, 0.717) is 47.2 Å². The molecular weight excluding hydrogens is 500 g/mol. The number of nitrogens with one attached hydrogen (secondary N) is 1. The summed E-state index contributed by atoms with van der Waals surface area (Å²) in [6.07, 6.45) is -1.64. The second-order valence-corrected chi connectivity index (χ2v) is 8.57. The number of hydrogen-bond acceptors (Lipinski definition) is 7. The molecule has 0 fully saturated rings. The van der Waals surface area contributed by atoms with Gasteiger partial charge in [0.15, 0.2) is 0 Å². The van der Waals surface area contributed by atoms with E-state index >= 15 is 0 Å². The minimum absolute atomic E-state index is 0.269. The number of fused-ring (bicyclic) bond motifs is 2. The lowest BCUT2D eigenvalue weighted by Gasteiger charge is -2.25. The molecule has 37 heavy (non-hydrogen) atoms. The Hall–Kier alpha value is -4.50. The second kappa shape index (κ2) is 10.2. The first kappa shape index (κ1) is 24.2. The van der Waals surface area contributed by atoms with Crippen molar-refractivity contribution in [3.63, 3.8) is 0 Å². The molecule has 2 N–H and O–H groups in total. The van der Waals surface area contributed by atoms with Crippen molar-refractivity contribution in [3.8, 4) is 23.0 Å². The highest BCUT2D eigenvalue weighted by Gasteiger charge is 2.27. The van der Waals surface area contributed by atoms with Gasteiger partial charge in [0.1, 0.15) is 34.9 Å². The predicted octanol–water partition coefficient (Wildman–Crippen LogP) is 6.46. The van der Waals surface area contributed by atoms with Crippen LogP contribution in [0.15, 0.2) is 66.7 Å². The van der Waals surface area contributed by atoms with Gasteiger partial charge in [0.05, 0.1) is 24.3 Å². The maximum atomic E-state index is 12.7. The van der Waals surface area contributed by atoms with E-state index in [-0.39, 0.29) is 10.9 Å². The largest absolute Gasteiger partial charge is 0.506 e. The number of pyridine rings is 1. The zero-order valence-corrected chi connectivity index (χ0v) is 20.3. The number of hydrogen-bond donors (Lipinski definition) is 2. The Morgan fingerprint density at radius 3 is 2.59 bits per heavy atom. The van der Waals surface area contributed by atoms with Gasteiger partial charge in [-0.15, -0.1) is 0 Å². The molecule has 1 unspecified atom stereocenters. The maximum Gasteiger partial charge on any atom is 0.506 e. The first-order valence-corrected chi connectivity index (χ1v) is 11.7. The summed E-state index contributed by atoms with van der Waals surface area (Å²) in [5.41, 5.74) is 1.69. The molecule has 0 aliphatic carbocycles. The Labute approximate surface area is 216 Å². The fourth-order valence-corrected chi connectivity index (χ4v) is 4.18. The van der Waals surface area contributed by atoms with E-state index in [1.165, 1.54) is 0 Å². The second-order valence-electron chi connectivity index (χ2n) is 8.17. The van der Waals surface area contributed by atoms with Crippen molar-refractivity contribution < 1.29 is 33.6 Å². The summed E-state index contributed by atoms with van der Waals surface area (Å²) in [6, 6.07) is 18.8. The normalized spacial score (nSPS) is 14.3. The molecule has 1 aromatic heterocycles. The number of aromatic nitrogens is 1. The van der Waals surface area contributed by atoms with Gasteiger partial charge >= 0.3 is 6.16 Å². The van der Waals surface area contributed by atoms with Crippen molar-refractivity contribution in [2.45, 2.75) is 12.5 Å². The van der Waals surface area contributed by atoms with Gasteiger partial charge in [0, 0.05) is 29.0 Å². The number of carbonyl (C=O) groups excluding carboxylic acids is 1. The number of nitrogens with zero attached hydrogens (tertiary/aromatic N) is 1. The highest BCUT2D eigenvalue weighted by Crippen LogP contribution is 2.42. The predicted molar refractivity (Wildman–Crippen MR) is 136 cm³/mol. The Balaban J connectivity index is 1.28. The molecule has 1 amide bonds. The SMILES string of the molecule is COc1ccc2nc(NC(=O)c3ccc(Oc4cc5c(cc4Cl)C(OC(=O)O)CCO5)cc3)ccc2c1. The summed E-state index contributed by atoms with van der Waals surface area (Å²) < 4.78 is 21.7. The van der Waals surface area contributed by atoms with Crippen LogP contribution in [0.2, 0.25) is 5.02 Å². The van der Waals surface area contributed by atoms with Crippen LogP contribution in [0.1, 0.15) is 28.4 Å². The van der Waals surface area contributed by atoms with Crippen LogP contribution in [0.5, 0.6) is 23.0 Å². The fraction of sp³-hybridized carbons (Fsp3) is 0.148. The van der Waals surface area contributed by atoms with E-state index in [1.54, 1.807) is 49.6 Å². The molecular formula is C27H21ClN2O7. The van der Waals surface area contributed by atoms with Crippen molar-refractivity contribution in [1.29, 1.82) is 0 Å². The lowest BCUT2D eigenvalue weighted by Crippen LogP contribution is -2.18. The summed E-state index contributed by atoms with van der Waals surface area (Å²) in [4.78, 5) is 28.2. The van der Waals surface area contributed by atoms with Gasteiger partial charge in [0.25, 0.3) is 5.91 Å². The quantitative estimate of drug-likeness (QED) is 0.278. The highest BCUT2D eigenvalue weighted by atomic mass is 35.5. The van der Waals surface area contributed by atoms with Crippen molar-refractivity contribution in [2.75, 3.05) is 19.0 Å². The van der Waals surface area contributed by atoms with Crippen molar-refractivity contribution >= 4 is 40.4 Å². The molecule has 0 radical (unpaired) electrons. The first-order chi connectivity index (χ1) is 17.9. The van der Waals surface area contributed by atoms with E-state index < -0.39 is 12.3 Å². The molecule has 2 heterocycles. The molecule has 0 saturated carbocycles. The van der Waals surface area contributed by atoms with Crippen LogP contribution in [-0.4, -0.2) is 35.9 Å². The Morgan fingerprint density at radius 2 is 1.84 bits per heavy atom. The van der Waals surface area contributed by atoms with Crippen LogP contribution < -0.4 is 19.5 Å². The number of carbonyl (C=O) groups is 2. The van der Waals surface area contributed by atoms with E-state index in [4.69, 9.17) is 35.7 Å². The lowest BCUT2D eigenvalue weighted by molar-refractivity contribution is 0.0326. The lowest BCUT2D eigenvalue weighted by atomic mass is 10.0. The topological polar surface area (TPSA) is 116 Å². The van der Waals surface area contributed by atoms with Gasteiger partial charge < -0.3 is 29.4 Å². The Morgan fingerprint density at radius 1 is 1.05 bits per heavy atom. The molecule has 0 spiro atoms. The average molecular weight is 521 g/mol. The first-order valence-electron chi connectivity index (χ1n) is 11.3. The number of halogens is 1. The van der Waals surface area contributed by atoms with E-state index in [2.05, 4.69) is 10.3 Å². The third kappa shape index (κ3) is 5.36. The Bertz CT molecular complexity index is 1490. The summed E-state index contributed by atoms with van der Waals surface area (Å²) in [7, 11) is 1.60. The van der Waals surface area contributed by atoms with Crippen molar-refractivity contribution in [3.05, 3.63) is 82.9 Å². The summed E-state index contributed by atoms with van der Waals surface area (Å²) in [6.45, 7) is 0.302. The minimum atomic E-state index is -1.37. The minimum Gasteiger partial charge on any atom is -0.497 e. The van der Waals surface area contributed by atoms with Crippen LogP contribution in [0.3, 0.4) is 0 Å². The zero-order chi connectivity index (χ0) is 25.9. The van der Waals surface area contributed by atoms with Crippen LogP contribution in [-0.2, 0) is 4.74 Å². The number of anilines is 1. The van der Waals surface area contributed by atoms with Crippen LogP contribution >= 0.6 is 11.6 Å². The molecule has 5 rings (SSSR count). The molecule has 3 aromatic carbocycles. The van der Waals surface area contributed by atoms with Crippen molar-refractivity contribution in [2.24, 2.45) is 0 Å². The Kier molecular flexibility index (Phi) is 6.70. The summed E-state index contributed by atoms with van der Waals surface area (Å²) >= 11 is 6.38. The fourth-order valence-electron chi connectivity index (χ4n) is 3.97. The third-order valence-electron chi connectivity index (χ3n) is 5.77. The number of methoxy groups -OCH3 is 1. The molecule has 188 valence electrons. The highest BCUT2D eigenvalue weighted by molar-refractivity contribution is 6.32. The molecule has 1 aliphatic rings. The van der Waals surface area contributed by atoms with Gasteiger partial charge in [-0.2, -0.15) is 0 Å². The van der Waals surface area contributed by atoms with Crippen LogP contribution in [0.4, 0.5) is 10.6 Å². The van der Waals surface area contributed by atoms with E-state index in [1.807, 2.05) is 24.3 Å². The van der Waals surface area contributed by atoms with E-state index in [0.717, 1.165) is 16.7 Å². The molecule has 4 aromatic rings. The number of rotatable bonds is 6. The van der Waals surface area contributed by atoms with Gasteiger partial charge in [-0.05, 0) is 60.7 Å². The molecule has 1 atom stereocenters. The third-order valence-corrected chi connectivity index (χ3v) is 6.07. The summed E-state index contributed by atoms with van der Waals surface area (Å²) in [5.74, 6) is 2.05. The van der Waals surface area contributed by atoms with Gasteiger partial charge in [-0.3, -0.25) is 4.79 Å². The number of carboxylic acid groups (broad SMARTS) is 1. The van der Waals surface area contributed by atoms with Gasteiger partial charge in [-0.1, -0.05) is 11.6 Å². The van der Waals surface area contributed by atoms with Crippen molar-refractivity contribution in [1.82, 2.24) is 4.98 Å². The molecule has 0 saturated heterocycles. The monoisotopic (exact) mass is 520 g/mol. The molecule has 9 nitrogen and oxygen atoms in total. The number of benzene rings is 3.